The molecule has 1 aromatic rings. The Balaban J connectivity index is 1.65. The minimum absolute atomic E-state index is 0.415. The fourth-order valence-electron chi connectivity index (χ4n) is 2.74. The lowest BCUT2D eigenvalue weighted by Gasteiger charge is -2.25. The van der Waals surface area contributed by atoms with Crippen molar-refractivity contribution < 1.29 is 9.59 Å². The van der Waals surface area contributed by atoms with Gasteiger partial charge in [-0.25, -0.2) is 0 Å². The topological polar surface area (TPSA) is 49.4 Å². The maximum atomic E-state index is 11.6. The van der Waals surface area contributed by atoms with Crippen LogP contribution in [0.4, 0.5) is 11.4 Å². The van der Waals surface area contributed by atoms with Crippen LogP contribution >= 0.6 is 0 Å². The van der Waals surface area contributed by atoms with Crippen LogP contribution in [0.1, 0.15) is 36.0 Å². The maximum Gasteiger partial charge on any atom is 0.296 e. The Labute approximate surface area is 111 Å². The van der Waals surface area contributed by atoms with Crippen molar-refractivity contribution in [2.45, 2.75) is 31.7 Å². The number of benzene rings is 1. The number of fused-ring (bicyclic) bond motifs is 1. The number of nitrogens with zero attached hydrogens (tertiary/aromatic N) is 1. The smallest absolute Gasteiger partial charge is 0.296 e. The Kier molecular flexibility index (Phi) is 2.22. The maximum absolute atomic E-state index is 11.6. The van der Waals surface area contributed by atoms with Crippen LogP contribution in [-0.2, 0) is 4.79 Å². The summed E-state index contributed by atoms with van der Waals surface area (Å²) in [5.74, 6) is -0.0842. The van der Waals surface area contributed by atoms with Gasteiger partial charge >= 0.3 is 0 Å². The van der Waals surface area contributed by atoms with Crippen LogP contribution in [0.5, 0.6) is 0 Å². The Morgan fingerprint density at radius 2 is 1.95 bits per heavy atom. The van der Waals surface area contributed by atoms with Crippen LogP contribution in [0, 0.1) is 5.92 Å². The van der Waals surface area contributed by atoms with E-state index in [-0.39, 0.29) is 0 Å². The SMILES string of the molecule is O=C1Nc2cc(N(CC3CC3)C3CC3)ccc2C1=O. The third-order valence-corrected chi connectivity index (χ3v) is 4.17. The van der Waals surface area contributed by atoms with E-state index in [1.54, 1.807) is 6.07 Å². The van der Waals surface area contributed by atoms with E-state index in [1.165, 1.54) is 25.7 Å². The minimum Gasteiger partial charge on any atom is -0.368 e. The molecule has 4 heteroatoms. The van der Waals surface area contributed by atoms with E-state index in [0.29, 0.717) is 17.3 Å². The van der Waals surface area contributed by atoms with Gasteiger partial charge in [-0.2, -0.15) is 0 Å². The average molecular weight is 256 g/mol. The molecule has 4 nitrogen and oxygen atoms in total. The van der Waals surface area contributed by atoms with Crippen LogP contribution in [-0.4, -0.2) is 24.3 Å². The van der Waals surface area contributed by atoms with Crippen molar-refractivity contribution >= 4 is 23.1 Å². The molecule has 0 bridgehead atoms. The fourth-order valence-corrected chi connectivity index (χ4v) is 2.74. The van der Waals surface area contributed by atoms with E-state index in [1.807, 2.05) is 12.1 Å². The molecule has 4 rings (SSSR count). The number of hydrogen-bond donors (Lipinski definition) is 1. The summed E-state index contributed by atoms with van der Waals surface area (Å²) >= 11 is 0. The third-order valence-electron chi connectivity index (χ3n) is 4.17. The molecule has 1 N–H and O–H groups in total. The number of amides is 1. The molecule has 98 valence electrons. The molecule has 1 heterocycles. The zero-order valence-corrected chi connectivity index (χ0v) is 10.7. The second kappa shape index (κ2) is 3.83. The first-order valence-corrected chi connectivity index (χ1v) is 6.99. The quantitative estimate of drug-likeness (QED) is 0.840. The van der Waals surface area contributed by atoms with Gasteiger partial charge in [0.1, 0.15) is 0 Å². The first-order chi connectivity index (χ1) is 9.22. The lowest BCUT2D eigenvalue weighted by molar-refractivity contribution is -0.112. The van der Waals surface area contributed by atoms with Gasteiger partial charge in [0.15, 0.2) is 0 Å². The molecule has 2 saturated carbocycles. The van der Waals surface area contributed by atoms with Crippen molar-refractivity contribution in [3.63, 3.8) is 0 Å². The van der Waals surface area contributed by atoms with Crippen molar-refractivity contribution in [3.8, 4) is 0 Å². The number of anilines is 2. The fraction of sp³-hybridized carbons (Fsp3) is 0.467. The van der Waals surface area contributed by atoms with Crippen molar-refractivity contribution in [2.75, 3.05) is 16.8 Å². The van der Waals surface area contributed by atoms with Gasteiger partial charge in [-0.3, -0.25) is 9.59 Å². The molecule has 1 aliphatic heterocycles. The summed E-state index contributed by atoms with van der Waals surface area (Å²) in [4.78, 5) is 25.4. The molecule has 0 spiro atoms. The van der Waals surface area contributed by atoms with Gasteiger partial charge in [-0.15, -0.1) is 0 Å². The largest absolute Gasteiger partial charge is 0.368 e. The van der Waals surface area contributed by atoms with Gasteiger partial charge in [-0.1, -0.05) is 0 Å². The summed E-state index contributed by atoms with van der Waals surface area (Å²) in [5, 5.41) is 2.66. The highest BCUT2D eigenvalue weighted by atomic mass is 16.2. The van der Waals surface area contributed by atoms with E-state index < -0.39 is 11.7 Å². The standard InChI is InChI=1S/C15H16N2O2/c18-14-12-6-5-11(7-13(12)16-15(14)19)17(10-3-4-10)8-9-1-2-9/h5-7,9-10H,1-4,8H2,(H,16,18,19). The van der Waals surface area contributed by atoms with Crippen molar-refractivity contribution in [1.29, 1.82) is 0 Å². The number of carbonyl (C=O) groups excluding carboxylic acids is 2. The molecule has 0 atom stereocenters. The highest BCUT2D eigenvalue weighted by molar-refractivity contribution is 6.51. The number of ketones is 1. The molecule has 0 radical (unpaired) electrons. The average Bonchev–Trinajstić information content (AvgIpc) is 3.28. The first kappa shape index (κ1) is 11.0. The van der Waals surface area contributed by atoms with Gasteiger partial charge in [0, 0.05) is 18.3 Å². The summed E-state index contributed by atoms with van der Waals surface area (Å²) in [6.07, 6.45) is 5.19. The van der Waals surface area contributed by atoms with Crippen LogP contribution in [0.25, 0.3) is 0 Å². The van der Waals surface area contributed by atoms with E-state index >= 15 is 0 Å². The van der Waals surface area contributed by atoms with Gasteiger partial charge < -0.3 is 10.2 Å². The van der Waals surface area contributed by atoms with Crippen LogP contribution in [0.15, 0.2) is 18.2 Å². The summed E-state index contributed by atoms with van der Waals surface area (Å²) in [5.41, 5.74) is 2.33. The molecule has 2 aliphatic carbocycles. The van der Waals surface area contributed by atoms with E-state index in [9.17, 15) is 9.59 Å². The second-order valence-electron chi connectivity index (χ2n) is 5.84. The van der Waals surface area contributed by atoms with Crippen LogP contribution < -0.4 is 10.2 Å². The number of hydrogen-bond acceptors (Lipinski definition) is 3. The minimum atomic E-state index is -0.507. The summed E-state index contributed by atoms with van der Waals surface area (Å²) < 4.78 is 0. The Hall–Kier alpha value is -1.84. The zero-order chi connectivity index (χ0) is 13.0. The highest BCUT2D eigenvalue weighted by Crippen LogP contribution is 2.39. The highest BCUT2D eigenvalue weighted by Gasteiger charge is 2.35. The normalized spacial score (nSPS) is 21.3. The molecule has 1 amide bonds. The van der Waals surface area contributed by atoms with E-state index in [0.717, 1.165) is 18.2 Å². The first-order valence-electron chi connectivity index (χ1n) is 6.99. The lowest BCUT2D eigenvalue weighted by Crippen LogP contribution is -2.27. The Bertz CT molecular complexity index is 574. The third kappa shape index (κ3) is 1.91. The summed E-state index contributed by atoms with van der Waals surface area (Å²) in [7, 11) is 0. The van der Waals surface area contributed by atoms with Gasteiger partial charge in [-0.05, 0) is 49.8 Å². The van der Waals surface area contributed by atoms with E-state index in [4.69, 9.17) is 0 Å². The Morgan fingerprint density at radius 3 is 2.63 bits per heavy atom. The van der Waals surface area contributed by atoms with Gasteiger partial charge in [0.2, 0.25) is 0 Å². The molecule has 19 heavy (non-hydrogen) atoms. The monoisotopic (exact) mass is 256 g/mol. The molecule has 3 aliphatic rings. The predicted molar refractivity (Wildman–Crippen MR) is 72.5 cm³/mol. The molecular formula is C15H16N2O2. The van der Waals surface area contributed by atoms with Crippen LogP contribution in [0.2, 0.25) is 0 Å². The van der Waals surface area contributed by atoms with E-state index in [2.05, 4.69) is 10.2 Å². The zero-order valence-electron chi connectivity index (χ0n) is 10.7. The number of rotatable bonds is 4. The lowest BCUT2D eigenvalue weighted by atomic mass is 10.1. The summed E-state index contributed by atoms with van der Waals surface area (Å²) in [6, 6.07) is 6.38. The second-order valence-corrected chi connectivity index (χ2v) is 5.84. The predicted octanol–water partition coefficient (Wildman–Crippen LogP) is 2.20. The van der Waals surface area contributed by atoms with Crippen molar-refractivity contribution in [3.05, 3.63) is 23.8 Å². The number of Topliss-reactive ketones (excluding diaryl/α,β-unsaturated/α-hetero) is 1. The molecule has 0 unspecified atom stereocenters. The molecule has 1 aromatic carbocycles. The number of nitrogens with one attached hydrogen (secondary N) is 1. The molecule has 2 fully saturated rings. The van der Waals surface area contributed by atoms with Crippen LogP contribution in [0.3, 0.4) is 0 Å². The number of carbonyl (C=O) groups is 2. The Morgan fingerprint density at radius 1 is 1.16 bits per heavy atom. The summed E-state index contributed by atoms with van der Waals surface area (Å²) in [6.45, 7) is 1.12. The van der Waals surface area contributed by atoms with Crippen molar-refractivity contribution in [2.24, 2.45) is 5.92 Å². The molecule has 0 aromatic heterocycles. The van der Waals surface area contributed by atoms with Gasteiger partial charge in [0.25, 0.3) is 11.7 Å². The molecule has 0 saturated heterocycles. The molecular weight excluding hydrogens is 240 g/mol. The van der Waals surface area contributed by atoms with Crippen molar-refractivity contribution in [1.82, 2.24) is 0 Å². The van der Waals surface area contributed by atoms with Gasteiger partial charge in [0.05, 0.1) is 11.3 Å².